The average Bonchev–Trinajstić information content (AvgIpc) is 2.95. The Kier molecular flexibility index (Phi) is 3.58. The molecule has 108 valence electrons. The summed E-state index contributed by atoms with van der Waals surface area (Å²) < 4.78 is 9.12. The van der Waals surface area contributed by atoms with E-state index in [4.69, 9.17) is 4.74 Å². The number of aromatic nitrogens is 4. The molecule has 1 atom stereocenters. The van der Waals surface area contributed by atoms with Gasteiger partial charge < -0.3 is 4.74 Å². The minimum Gasteiger partial charge on any atom is -0.384 e. The summed E-state index contributed by atoms with van der Waals surface area (Å²) in [5.41, 5.74) is 3.74. The molecule has 0 bridgehead atoms. The van der Waals surface area contributed by atoms with E-state index in [1.165, 1.54) is 16.8 Å². The van der Waals surface area contributed by atoms with E-state index in [9.17, 15) is 0 Å². The van der Waals surface area contributed by atoms with Crippen LogP contribution in [-0.2, 0) is 31.9 Å². The monoisotopic (exact) mass is 275 g/mol. The van der Waals surface area contributed by atoms with Crippen LogP contribution < -0.4 is 0 Å². The van der Waals surface area contributed by atoms with Crippen molar-refractivity contribution in [2.24, 2.45) is 14.1 Å². The van der Waals surface area contributed by atoms with E-state index in [1.807, 2.05) is 29.7 Å². The third-order valence-corrected chi connectivity index (χ3v) is 3.76. The highest BCUT2D eigenvalue weighted by Gasteiger charge is 2.28. The van der Waals surface area contributed by atoms with Gasteiger partial charge in [0.25, 0.3) is 0 Å². The van der Waals surface area contributed by atoms with Gasteiger partial charge in [-0.1, -0.05) is 0 Å². The average molecular weight is 275 g/mol. The Balaban J connectivity index is 1.78. The Morgan fingerprint density at radius 3 is 2.85 bits per heavy atom. The predicted molar refractivity (Wildman–Crippen MR) is 75.1 cm³/mol. The van der Waals surface area contributed by atoms with E-state index in [0.29, 0.717) is 5.92 Å². The third kappa shape index (κ3) is 2.62. The van der Waals surface area contributed by atoms with Crippen LogP contribution in [0, 0.1) is 0 Å². The molecule has 0 N–H and O–H groups in total. The highest BCUT2D eigenvalue weighted by molar-refractivity contribution is 5.25. The number of rotatable bonds is 4. The zero-order chi connectivity index (χ0) is 14.1. The molecular weight excluding hydrogens is 254 g/mol. The summed E-state index contributed by atoms with van der Waals surface area (Å²) in [6.07, 6.45) is 6.12. The molecule has 6 nitrogen and oxygen atoms in total. The molecule has 0 amide bonds. The van der Waals surface area contributed by atoms with E-state index in [0.717, 1.165) is 26.2 Å². The number of aryl methyl sites for hydroxylation is 2. The van der Waals surface area contributed by atoms with Crippen LogP contribution in [0.3, 0.4) is 0 Å². The first-order valence-electron chi connectivity index (χ1n) is 6.87. The molecule has 0 spiro atoms. The maximum Gasteiger partial charge on any atom is 0.0800 e. The Labute approximate surface area is 118 Å². The fourth-order valence-electron chi connectivity index (χ4n) is 2.98. The van der Waals surface area contributed by atoms with Gasteiger partial charge in [-0.15, -0.1) is 0 Å². The molecule has 6 heteroatoms. The number of ether oxygens (including phenoxy) is 1. The van der Waals surface area contributed by atoms with Crippen LogP contribution in [0.1, 0.15) is 22.7 Å². The van der Waals surface area contributed by atoms with Crippen LogP contribution >= 0.6 is 0 Å². The normalized spacial score (nSPS) is 19.2. The first-order chi connectivity index (χ1) is 9.65. The summed E-state index contributed by atoms with van der Waals surface area (Å²) >= 11 is 0. The Hall–Kier alpha value is -1.66. The van der Waals surface area contributed by atoms with E-state index in [1.54, 1.807) is 7.11 Å². The zero-order valence-electron chi connectivity index (χ0n) is 12.3. The van der Waals surface area contributed by atoms with E-state index >= 15 is 0 Å². The van der Waals surface area contributed by atoms with Crippen molar-refractivity contribution in [3.8, 4) is 0 Å². The number of fused-ring (bicyclic) bond motifs is 1. The standard InChI is InChI=1S/C14H21N5O/c1-17-5-11(4-15-17)6-19-7-12(10-20-3)13-8-18(2)16-14(13)9-19/h4-5,8,12H,6-7,9-10H2,1-3H3. The minimum atomic E-state index is 0.397. The van der Waals surface area contributed by atoms with Crippen LogP contribution in [-0.4, -0.2) is 44.7 Å². The molecule has 0 aliphatic carbocycles. The van der Waals surface area contributed by atoms with Gasteiger partial charge in [0.2, 0.25) is 0 Å². The summed E-state index contributed by atoms with van der Waals surface area (Å²) in [4.78, 5) is 2.41. The van der Waals surface area contributed by atoms with Crippen molar-refractivity contribution in [3.63, 3.8) is 0 Å². The van der Waals surface area contributed by atoms with Crippen LogP contribution in [0.15, 0.2) is 18.6 Å². The SMILES string of the molecule is COCC1CN(Cc2cnn(C)c2)Cc2nn(C)cc21. The van der Waals surface area contributed by atoms with Crippen LogP contribution in [0.2, 0.25) is 0 Å². The van der Waals surface area contributed by atoms with E-state index in [-0.39, 0.29) is 0 Å². The Bertz CT molecular complexity index is 588. The molecule has 0 fully saturated rings. The van der Waals surface area contributed by atoms with Gasteiger partial charge in [0.15, 0.2) is 0 Å². The molecule has 3 heterocycles. The molecule has 1 aliphatic rings. The maximum atomic E-state index is 5.37. The molecular formula is C14H21N5O. The van der Waals surface area contributed by atoms with Crippen molar-refractivity contribution in [3.05, 3.63) is 35.4 Å². The van der Waals surface area contributed by atoms with Crippen molar-refractivity contribution in [2.75, 3.05) is 20.3 Å². The molecule has 0 saturated heterocycles. The van der Waals surface area contributed by atoms with Gasteiger partial charge in [0, 0.05) is 70.3 Å². The fourth-order valence-corrected chi connectivity index (χ4v) is 2.98. The molecule has 3 rings (SSSR count). The Morgan fingerprint density at radius 2 is 2.15 bits per heavy atom. The van der Waals surface area contributed by atoms with Crippen LogP contribution in [0.5, 0.6) is 0 Å². The second-order valence-corrected chi connectivity index (χ2v) is 5.55. The third-order valence-electron chi connectivity index (χ3n) is 3.76. The quantitative estimate of drug-likeness (QED) is 0.832. The van der Waals surface area contributed by atoms with Gasteiger partial charge in [0.1, 0.15) is 0 Å². The highest BCUT2D eigenvalue weighted by Crippen LogP contribution is 2.28. The van der Waals surface area contributed by atoms with Crippen molar-refractivity contribution in [2.45, 2.75) is 19.0 Å². The maximum absolute atomic E-state index is 5.37. The van der Waals surface area contributed by atoms with Gasteiger partial charge in [-0.3, -0.25) is 14.3 Å². The van der Waals surface area contributed by atoms with Crippen molar-refractivity contribution in [1.29, 1.82) is 0 Å². The van der Waals surface area contributed by atoms with Gasteiger partial charge in [-0.05, 0) is 0 Å². The van der Waals surface area contributed by atoms with Crippen LogP contribution in [0.25, 0.3) is 0 Å². The topological polar surface area (TPSA) is 48.1 Å². The summed E-state index contributed by atoms with van der Waals surface area (Å²) in [5, 5.41) is 8.81. The zero-order valence-corrected chi connectivity index (χ0v) is 12.3. The summed E-state index contributed by atoms with van der Waals surface area (Å²) in [6.45, 7) is 3.54. The van der Waals surface area contributed by atoms with Gasteiger partial charge >= 0.3 is 0 Å². The van der Waals surface area contributed by atoms with Crippen molar-refractivity contribution >= 4 is 0 Å². The molecule has 0 aromatic carbocycles. The van der Waals surface area contributed by atoms with E-state index < -0.39 is 0 Å². The predicted octanol–water partition coefficient (Wildman–Crippen LogP) is 0.899. The van der Waals surface area contributed by atoms with Crippen LogP contribution in [0.4, 0.5) is 0 Å². The fraction of sp³-hybridized carbons (Fsp3) is 0.571. The second-order valence-electron chi connectivity index (χ2n) is 5.55. The highest BCUT2D eigenvalue weighted by atomic mass is 16.5. The van der Waals surface area contributed by atoms with E-state index in [2.05, 4.69) is 27.5 Å². The first kappa shape index (κ1) is 13.3. The number of methoxy groups -OCH3 is 1. The molecule has 2 aromatic heterocycles. The summed E-state index contributed by atoms with van der Waals surface area (Å²) in [7, 11) is 5.69. The molecule has 20 heavy (non-hydrogen) atoms. The molecule has 1 aliphatic heterocycles. The Morgan fingerprint density at radius 1 is 1.30 bits per heavy atom. The van der Waals surface area contributed by atoms with Crippen molar-refractivity contribution in [1.82, 2.24) is 24.5 Å². The summed E-state index contributed by atoms with van der Waals surface area (Å²) in [6, 6.07) is 0. The lowest BCUT2D eigenvalue weighted by atomic mass is 9.95. The molecule has 0 radical (unpaired) electrons. The van der Waals surface area contributed by atoms with Gasteiger partial charge in [-0.25, -0.2) is 0 Å². The first-order valence-corrected chi connectivity index (χ1v) is 6.87. The van der Waals surface area contributed by atoms with Gasteiger partial charge in [0.05, 0.1) is 18.5 Å². The second kappa shape index (κ2) is 5.38. The minimum absolute atomic E-state index is 0.397. The smallest absolute Gasteiger partial charge is 0.0800 e. The molecule has 1 unspecified atom stereocenters. The molecule has 2 aromatic rings. The lowest BCUT2D eigenvalue weighted by Gasteiger charge is -2.31. The molecule has 0 saturated carbocycles. The number of nitrogens with zero attached hydrogens (tertiary/aromatic N) is 5. The lowest BCUT2D eigenvalue weighted by Crippen LogP contribution is -2.34. The largest absolute Gasteiger partial charge is 0.384 e. The number of hydrogen-bond acceptors (Lipinski definition) is 4. The summed E-state index contributed by atoms with van der Waals surface area (Å²) in [5.74, 6) is 0.397. The number of hydrogen-bond donors (Lipinski definition) is 0. The van der Waals surface area contributed by atoms with Crippen molar-refractivity contribution < 1.29 is 4.74 Å². The lowest BCUT2D eigenvalue weighted by molar-refractivity contribution is 0.135. The van der Waals surface area contributed by atoms with Gasteiger partial charge in [-0.2, -0.15) is 10.2 Å².